The highest BCUT2D eigenvalue weighted by Crippen LogP contribution is 2.30. The van der Waals surface area contributed by atoms with Crippen LogP contribution in [0.2, 0.25) is 0 Å². The Morgan fingerprint density at radius 2 is 1.65 bits per heavy atom. The van der Waals surface area contributed by atoms with Gasteiger partial charge in [0.1, 0.15) is 0 Å². The Bertz CT molecular complexity index is 366. The van der Waals surface area contributed by atoms with E-state index < -0.39 is 8.80 Å². The molecule has 0 aromatic heterocycles. The molecule has 0 amide bonds. The van der Waals surface area contributed by atoms with Crippen molar-refractivity contribution in [2.45, 2.75) is 12.5 Å². The van der Waals surface area contributed by atoms with Crippen LogP contribution in [0.25, 0.3) is 6.08 Å². The van der Waals surface area contributed by atoms with Crippen LogP contribution in [0.4, 0.5) is 0 Å². The zero-order chi connectivity index (χ0) is 12.9. The van der Waals surface area contributed by atoms with Crippen LogP contribution in [0.15, 0.2) is 30.8 Å². The normalized spacial score (nSPS) is 13.4. The second-order valence-electron chi connectivity index (χ2n) is 3.77. The van der Waals surface area contributed by atoms with Crippen molar-refractivity contribution in [2.75, 3.05) is 21.3 Å². The van der Waals surface area contributed by atoms with Gasteiger partial charge >= 0.3 is 8.80 Å². The van der Waals surface area contributed by atoms with Gasteiger partial charge in [-0.05, 0) is 11.1 Å². The van der Waals surface area contributed by atoms with Gasteiger partial charge in [0.2, 0.25) is 0 Å². The van der Waals surface area contributed by atoms with E-state index in [9.17, 15) is 0 Å². The number of benzene rings is 1. The van der Waals surface area contributed by atoms with Crippen molar-refractivity contribution in [3.05, 3.63) is 42.0 Å². The smallest absolute Gasteiger partial charge is 0.376 e. The average Bonchev–Trinajstić information content (AvgIpc) is 2.41. The van der Waals surface area contributed by atoms with Crippen LogP contribution in [0.1, 0.15) is 23.6 Å². The standard InChI is InChI=1S/C13H20O3Si/c1-6-12-9-7-8-10-13(12)11(2)17(14-3,15-4)16-5/h6-11H,1H2,2-5H3. The molecule has 0 aliphatic heterocycles. The Labute approximate surface area is 104 Å². The minimum absolute atomic E-state index is 0.0664. The van der Waals surface area contributed by atoms with E-state index in [-0.39, 0.29) is 5.54 Å². The van der Waals surface area contributed by atoms with Gasteiger partial charge in [-0.15, -0.1) is 0 Å². The molecule has 0 fully saturated rings. The molecule has 0 aliphatic carbocycles. The van der Waals surface area contributed by atoms with Gasteiger partial charge in [-0.2, -0.15) is 0 Å². The van der Waals surface area contributed by atoms with Gasteiger partial charge in [-0.25, -0.2) is 0 Å². The van der Waals surface area contributed by atoms with E-state index in [1.165, 1.54) is 0 Å². The lowest BCUT2D eigenvalue weighted by Gasteiger charge is -2.31. The maximum absolute atomic E-state index is 5.51. The van der Waals surface area contributed by atoms with Gasteiger partial charge in [0.05, 0.1) is 5.54 Å². The Hall–Kier alpha value is -0.943. The zero-order valence-electron chi connectivity index (χ0n) is 10.9. The maximum atomic E-state index is 5.51. The molecule has 1 aromatic rings. The van der Waals surface area contributed by atoms with Crippen LogP contribution in [0.5, 0.6) is 0 Å². The summed E-state index contributed by atoms with van der Waals surface area (Å²) in [6.45, 7) is 5.89. The van der Waals surface area contributed by atoms with E-state index in [4.69, 9.17) is 13.3 Å². The van der Waals surface area contributed by atoms with Gasteiger partial charge < -0.3 is 13.3 Å². The molecule has 0 N–H and O–H groups in total. The monoisotopic (exact) mass is 252 g/mol. The summed E-state index contributed by atoms with van der Waals surface area (Å²) >= 11 is 0. The third kappa shape index (κ3) is 2.66. The molecule has 0 bridgehead atoms. The fourth-order valence-corrected chi connectivity index (χ4v) is 4.27. The van der Waals surface area contributed by atoms with Crippen molar-refractivity contribution < 1.29 is 13.3 Å². The largest absolute Gasteiger partial charge is 0.507 e. The van der Waals surface area contributed by atoms with E-state index >= 15 is 0 Å². The summed E-state index contributed by atoms with van der Waals surface area (Å²) in [7, 11) is 2.24. The van der Waals surface area contributed by atoms with Gasteiger partial charge in [0.15, 0.2) is 0 Å². The first-order valence-corrected chi connectivity index (χ1v) is 7.32. The molecule has 0 radical (unpaired) electrons. The fraction of sp³-hybridized carbons (Fsp3) is 0.385. The highest BCUT2D eigenvalue weighted by molar-refractivity contribution is 6.62. The Morgan fingerprint density at radius 3 is 2.12 bits per heavy atom. The summed E-state index contributed by atoms with van der Waals surface area (Å²) < 4.78 is 16.5. The first-order valence-electron chi connectivity index (χ1n) is 5.52. The predicted molar refractivity (Wildman–Crippen MR) is 71.7 cm³/mol. The maximum Gasteiger partial charge on any atom is 0.507 e. The molecular weight excluding hydrogens is 232 g/mol. The topological polar surface area (TPSA) is 27.7 Å². The quantitative estimate of drug-likeness (QED) is 0.729. The predicted octanol–water partition coefficient (Wildman–Crippen LogP) is 2.85. The van der Waals surface area contributed by atoms with Crippen molar-refractivity contribution >= 4 is 14.9 Å². The Kier molecular flexibility index (Phi) is 5.08. The third-order valence-electron chi connectivity index (χ3n) is 3.07. The minimum atomic E-state index is -2.66. The molecule has 1 atom stereocenters. The van der Waals surface area contributed by atoms with Crippen LogP contribution in [0.3, 0.4) is 0 Å². The van der Waals surface area contributed by atoms with Gasteiger partial charge in [-0.1, -0.05) is 43.8 Å². The molecule has 1 aromatic carbocycles. The average molecular weight is 252 g/mol. The van der Waals surface area contributed by atoms with Crippen molar-refractivity contribution in [3.63, 3.8) is 0 Å². The van der Waals surface area contributed by atoms with Crippen molar-refractivity contribution in [2.24, 2.45) is 0 Å². The zero-order valence-corrected chi connectivity index (χ0v) is 11.9. The lowest BCUT2D eigenvalue weighted by molar-refractivity contribution is 0.114. The van der Waals surface area contributed by atoms with Crippen LogP contribution < -0.4 is 0 Å². The van der Waals surface area contributed by atoms with Crippen molar-refractivity contribution in [3.8, 4) is 0 Å². The summed E-state index contributed by atoms with van der Waals surface area (Å²) in [4.78, 5) is 0. The summed E-state index contributed by atoms with van der Waals surface area (Å²) in [6, 6.07) is 8.07. The van der Waals surface area contributed by atoms with E-state index in [0.29, 0.717) is 0 Å². The summed E-state index contributed by atoms with van der Waals surface area (Å²) in [5.74, 6) is 0. The van der Waals surface area contributed by atoms with Crippen LogP contribution in [-0.4, -0.2) is 30.1 Å². The van der Waals surface area contributed by atoms with E-state index in [1.54, 1.807) is 21.3 Å². The first-order chi connectivity index (χ1) is 8.15. The summed E-state index contributed by atoms with van der Waals surface area (Å²) in [5.41, 5.74) is 2.29. The van der Waals surface area contributed by atoms with Crippen LogP contribution in [-0.2, 0) is 13.3 Å². The molecule has 0 saturated carbocycles. The fourth-order valence-electron chi connectivity index (χ4n) is 2.06. The lowest BCUT2D eigenvalue weighted by Crippen LogP contribution is -2.48. The molecule has 4 heteroatoms. The number of rotatable bonds is 6. The lowest BCUT2D eigenvalue weighted by atomic mass is 10.1. The molecule has 0 aliphatic rings. The summed E-state index contributed by atoms with van der Waals surface area (Å²) in [6.07, 6.45) is 1.84. The van der Waals surface area contributed by atoms with Gasteiger partial charge in [0.25, 0.3) is 0 Å². The van der Waals surface area contributed by atoms with Crippen LogP contribution in [0, 0.1) is 0 Å². The van der Waals surface area contributed by atoms with E-state index in [2.05, 4.69) is 19.6 Å². The SMILES string of the molecule is C=Cc1ccccc1C(C)[Si](OC)(OC)OC. The first kappa shape index (κ1) is 14.1. The summed E-state index contributed by atoms with van der Waals surface area (Å²) in [5, 5.41) is 0. The second-order valence-corrected chi connectivity index (χ2v) is 7.07. The molecule has 3 nitrogen and oxygen atoms in total. The number of hydrogen-bond donors (Lipinski definition) is 0. The molecule has 1 unspecified atom stereocenters. The Morgan fingerprint density at radius 1 is 1.12 bits per heavy atom. The molecule has 17 heavy (non-hydrogen) atoms. The molecule has 0 saturated heterocycles. The molecule has 94 valence electrons. The van der Waals surface area contributed by atoms with Crippen molar-refractivity contribution in [1.82, 2.24) is 0 Å². The Balaban J connectivity index is 3.17. The molecule has 1 rings (SSSR count). The van der Waals surface area contributed by atoms with Crippen LogP contribution >= 0.6 is 0 Å². The highest BCUT2D eigenvalue weighted by Gasteiger charge is 2.45. The van der Waals surface area contributed by atoms with E-state index in [0.717, 1.165) is 11.1 Å². The molecular formula is C13H20O3Si. The number of hydrogen-bond acceptors (Lipinski definition) is 3. The molecule has 0 spiro atoms. The minimum Gasteiger partial charge on any atom is -0.376 e. The third-order valence-corrected chi connectivity index (χ3v) is 6.15. The van der Waals surface area contributed by atoms with Gasteiger partial charge in [-0.3, -0.25) is 0 Å². The second kappa shape index (κ2) is 6.12. The highest BCUT2D eigenvalue weighted by atomic mass is 28.4. The van der Waals surface area contributed by atoms with Crippen molar-refractivity contribution in [1.29, 1.82) is 0 Å². The van der Waals surface area contributed by atoms with E-state index in [1.807, 2.05) is 24.3 Å². The van der Waals surface area contributed by atoms with Gasteiger partial charge in [0, 0.05) is 21.3 Å². The molecule has 0 heterocycles.